The zero-order valence-electron chi connectivity index (χ0n) is 13.0. The van der Waals surface area contributed by atoms with Crippen molar-refractivity contribution in [1.82, 2.24) is 5.32 Å². The Labute approximate surface area is 118 Å². The molecular formula is C16H31NO2. The number of hydrogen-bond acceptors (Lipinski definition) is 3. The molecule has 1 N–H and O–H groups in total. The molecule has 0 aromatic carbocycles. The van der Waals surface area contributed by atoms with E-state index in [1.165, 1.54) is 32.1 Å². The minimum Gasteiger partial charge on any atom is -0.466 e. The first-order chi connectivity index (χ1) is 9.15. The number of esters is 1. The second-order valence-electron chi connectivity index (χ2n) is 5.88. The van der Waals surface area contributed by atoms with Gasteiger partial charge in [-0.1, -0.05) is 39.5 Å². The lowest BCUT2D eigenvalue weighted by atomic mass is 9.86. The SMILES string of the molecule is CCCC1CCCC(CC(=O)OCC)(NCC)CC1. The summed E-state index contributed by atoms with van der Waals surface area (Å²) in [6.07, 6.45) is 9.18. The Morgan fingerprint density at radius 1 is 1.26 bits per heavy atom. The third kappa shape index (κ3) is 5.52. The molecule has 1 aliphatic rings. The van der Waals surface area contributed by atoms with Crippen molar-refractivity contribution in [2.24, 2.45) is 5.92 Å². The highest BCUT2D eigenvalue weighted by Gasteiger charge is 2.34. The molecule has 3 heteroatoms. The first-order valence-electron chi connectivity index (χ1n) is 8.06. The van der Waals surface area contributed by atoms with Crippen molar-refractivity contribution >= 4 is 5.97 Å². The van der Waals surface area contributed by atoms with Crippen LogP contribution in [0.15, 0.2) is 0 Å². The van der Waals surface area contributed by atoms with E-state index in [1.807, 2.05) is 6.92 Å². The van der Waals surface area contributed by atoms with Crippen LogP contribution in [0.5, 0.6) is 0 Å². The highest BCUT2D eigenvalue weighted by atomic mass is 16.5. The predicted octanol–water partition coefficient (Wildman–Crippen LogP) is 3.67. The Hall–Kier alpha value is -0.570. The summed E-state index contributed by atoms with van der Waals surface area (Å²) < 4.78 is 5.15. The van der Waals surface area contributed by atoms with Gasteiger partial charge in [0.2, 0.25) is 0 Å². The summed E-state index contributed by atoms with van der Waals surface area (Å²) >= 11 is 0. The lowest BCUT2D eigenvalue weighted by Crippen LogP contribution is -2.46. The molecule has 0 aliphatic heterocycles. The maximum Gasteiger partial charge on any atom is 0.307 e. The molecule has 3 nitrogen and oxygen atoms in total. The summed E-state index contributed by atoms with van der Waals surface area (Å²) in [4.78, 5) is 11.8. The van der Waals surface area contributed by atoms with Gasteiger partial charge in [-0.2, -0.15) is 0 Å². The molecule has 0 spiro atoms. The van der Waals surface area contributed by atoms with Crippen molar-refractivity contribution in [3.63, 3.8) is 0 Å². The Balaban J connectivity index is 2.62. The van der Waals surface area contributed by atoms with Crippen LogP contribution in [0.2, 0.25) is 0 Å². The second kappa shape index (κ2) is 8.57. The maximum absolute atomic E-state index is 11.8. The molecule has 112 valence electrons. The van der Waals surface area contributed by atoms with Crippen molar-refractivity contribution in [3.8, 4) is 0 Å². The van der Waals surface area contributed by atoms with Crippen molar-refractivity contribution < 1.29 is 9.53 Å². The number of hydrogen-bond donors (Lipinski definition) is 1. The predicted molar refractivity (Wildman–Crippen MR) is 79.1 cm³/mol. The van der Waals surface area contributed by atoms with Crippen LogP contribution in [-0.4, -0.2) is 24.7 Å². The number of nitrogens with one attached hydrogen (secondary N) is 1. The van der Waals surface area contributed by atoms with Crippen LogP contribution in [0, 0.1) is 5.92 Å². The number of carbonyl (C=O) groups excluding carboxylic acids is 1. The van der Waals surface area contributed by atoms with Gasteiger partial charge in [-0.25, -0.2) is 0 Å². The molecule has 0 aromatic rings. The van der Waals surface area contributed by atoms with Gasteiger partial charge < -0.3 is 10.1 Å². The van der Waals surface area contributed by atoms with Crippen LogP contribution in [0.1, 0.15) is 72.1 Å². The van der Waals surface area contributed by atoms with Crippen molar-refractivity contribution in [2.45, 2.75) is 77.7 Å². The number of rotatable bonds is 7. The highest BCUT2D eigenvalue weighted by Crippen LogP contribution is 2.34. The van der Waals surface area contributed by atoms with Gasteiger partial charge in [-0.3, -0.25) is 4.79 Å². The zero-order valence-corrected chi connectivity index (χ0v) is 13.0. The van der Waals surface area contributed by atoms with Gasteiger partial charge in [0.25, 0.3) is 0 Å². The van der Waals surface area contributed by atoms with Gasteiger partial charge >= 0.3 is 5.97 Å². The molecule has 0 saturated heterocycles. The molecule has 0 amide bonds. The van der Waals surface area contributed by atoms with E-state index >= 15 is 0 Å². The van der Waals surface area contributed by atoms with E-state index in [9.17, 15) is 4.79 Å². The minimum absolute atomic E-state index is 0.0104. The molecule has 19 heavy (non-hydrogen) atoms. The normalized spacial score (nSPS) is 27.8. The molecule has 0 heterocycles. The summed E-state index contributed by atoms with van der Waals surface area (Å²) in [5, 5.41) is 3.59. The lowest BCUT2D eigenvalue weighted by Gasteiger charge is -2.33. The average molecular weight is 269 g/mol. The van der Waals surface area contributed by atoms with Gasteiger partial charge in [-0.05, 0) is 38.6 Å². The van der Waals surface area contributed by atoms with Gasteiger partial charge in [0.1, 0.15) is 0 Å². The van der Waals surface area contributed by atoms with Crippen LogP contribution in [0.25, 0.3) is 0 Å². The van der Waals surface area contributed by atoms with E-state index in [0.717, 1.165) is 25.3 Å². The topological polar surface area (TPSA) is 38.3 Å². The fraction of sp³-hybridized carbons (Fsp3) is 0.938. The zero-order chi connectivity index (χ0) is 14.1. The van der Waals surface area contributed by atoms with Crippen LogP contribution < -0.4 is 5.32 Å². The Bertz CT molecular complexity index is 267. The van der Waals surface area contributed by atoms with Crippen LogP contribution in [0.3, 0.4) is 0 Å². The Morgan fingerprint density at radius 2 is 2.05 bits per heavy atom. The molecule has 2 unspecified atom stereocenters. The quantitative estimate of drug-likeness (QED) is 0.566. The third-order valence-corrected chi connectivity index (χ3v) is 4.34. The third-order valence-electron chi connectivity index (χ3n) is 4.34. The van der Waals surface area contributed by atoms with Crippen molar-refractivity contribution in [2.75, 3.05) is 13.2 Å². The molecule has 1 aliphatic carbocycles. The minimum atomic E-state index is -0.0441. The lowest BCUT2D eigenvalue weighted by molar-refractivity contribution is -0.145. The molecule has 2 atom stereocenters. The van der Waals surface area contributed by atoms with E-state index in [2.05, 4.69) is 19.2 Å². The molecule has 1 fully saturated rings. The Kier molecular flexibility index (Phi) is 7.44. The molecule has 1 saturated carbocycles. The first-order valence-corrected chi connectivity index (χ1v) is 8.06. The molecular weight excluding hydrogens is 238 g/mol. The fourth-order valence-electron chi connectivity index (χ4n) is 3.46. The van der Waals surface area contributed by atoms with Gasteiger partial charge in [-0.15, -0.1) is 0 Å². The van der Waals surface area contributed by atoms with E-state index in [1.54, 1.807) is 0 Å². The summed E-state index contributed by atoms with van der Waals surface area (Å²) in [6, 6.07) is 0. The Morgan fingerprint density at radius 3 is 2.68 bits per heavy atom. The largest absolute Gasteiger partial charge is 0.466 e. The van der Waals surface area contributed by atoms with Crippen LogP contribution >= 0.6 is 0 Å². The fourth-order valence-corrected chi connectivity index (χ4v) is 3.46. The summed E-state index contributed by atoms with van der Waals surface area (Å²) in [5.74, 6) is 0.810. The summed E-state index contributed by atoms with van der Waals surface area (Å²) in [5.41, 5.74) is -0.0104. The van der Waals surface area contributed by atoms with Crippen molar-refractivity contribution in [3.05, 3.63) is 0 Å². The summed E-state index contributed by atoms with van der Waals surface area (Å²) in [6.45, 7) is 7.68. The van der Waals surface area contributed by atoms with Crippen LogP contribution in [-0.2, 0) is 9.53 Å². The van der Waals surface area contributed by atoms with E-state index in [0.29, 0.717) is 13.0 Å². The van der Waals surface area contributed by atoms with Gasteiger partial charge in [0.15, 0.2) is 0 Å². The number of ether oxygens (including phenoxy) is 1. The van der Waals surface area contributed by atoms with E-state index in [-0.39, 0.29) is 11.5 Å². The molecule has 0 bridgehead atoms. The second-order valence-corrected chi connectivity index (χ2v) is 5.88. The first kappa shape index (κ1) is 16.5. The highest BCUT2D eigenvalue weighted by molar-refractivity contribution is 5.70. The smallest absolute Gasteiger partial charge is 0.307 e. The summed E-state index contributed by atoms with van der Waals surface area (Å²) in [7, 11) is 0. The van der Waals surface area contributed by atoms with Crippen LogP contribution in [0.4, 0.5) is 0 Å². The van der Waals surface area contributed by atoms with Crippen molar-refractivity contribution in [1.29, 1.82) is 0 Å². The molecule has 1 rings (SSSR count). The van der Waals surface area contributed by atoms with E-state index < -0.39 is 0 Å². The average Bonchev–Trinajstić information content (AvgIpc) is 2.54. The van der Waals surface area contributed by atoms with Gasteiger partial charge in [0, 0.05) is 5.54 Å². The van der Waals surface area contributed by atoms with Gasteiger partial charge in [0.05, 0.1) is 13.0 Å². The number of carbonyl (C=O) groups is 1. The van der Waals surface area contributed by atoms with E-state index in [4.69, 9.17) is 4.74 Å². The maximum atomic E-state index is 11.8. The monoisotopic (exact) mass is 269 g/mol. The standard InChI is InChI=1S/C16H31NO2/c1-4-8-14-9-7-11-16(12-10-14,17-5-2)13-15(18)19-6-3/h14,17H,4-13H2,1-3H3. The molecule has 0 radical (unpaired) electrons. The molecule has 0 aromatic heterocycles.